The number of aromatic amines is 2. The minimum absolute atomic E-state index is 0.0507. The number of hydrogen-bond donors (Lipinski definition) is 2. The van der Waals surface area contributed by atoms with Crippen LogP contribution in [0.4, 0.5) is 0 Å². The van der Waals surface area contributed by atoms with Crippen LogP contribution in [0.1, 0.15) is 22.5 Å². The lowest BCUT2D eigenvalue weighted by Crippen LogP contribution is -2.04. The minimum atomic E-state index is 0.0507. The van der Waals surface area contributed by atoms with Gasteiger partial charge in [-0.05, 0) is 18.6 Å². The van der Waals surface area contributed by atoms with Crippen molar-refractivity contribution >= 4 is 49.4 Å². The molecule has 0 fully saturated rings. The van der Waals surface area contributed by atoms with Crippen LogP contribution < -0.4 is 4.74 Å². The van der Waals surface area contributed by atoms with Gasteiger partial charge in [-0.3, -0.25) is 14.8 Å². The average molecular weight is 420 g/mol. The van der Waals surface area contributed by atoms with Gasteiger partial charge < -0.3 is 14.7 Å². The molecule has 0 bridgehead atoms. The molecule has 0 saturated heterocycles. The van der Waals surface area contributed by atoms with Gasteiger partial charge in [-0.25, -0.2) is 0 Å². The Morgan fingerprint density at radius 1 is 0.875 bits per heavy atom. The number of ether oxygens (including phenoxy) is 1. The Bertz CT molecular complexity index is 1640. The number of ketones is 1. The standard InChI is InChI=1S/C26H20N4O2/c1-32-23-14-28-20(26-25(23)16-7-3-5-9-19(16)30-26)10-11-22(31)17-12-27-13-21-24(17)15-6-2-4-8-18(15)29-21/h2-9,12-14,29-30H,10-11H2,1H3. The predicted octanol–water partition coefficient (Wildman–Crippen LogP) is 5.57. The quantitative estimate of drug-likeness (QED) is 0.357. The first-order valence-corrected chi connectivity index (χ1v) is 10.5. The van der Waals surface area contributed by atoms with E-state index < -0.39 is 0 Å². The molecule has 0 saturated carbocycles. The van der Waals surface area contributed by atoms with E-state index in [0.29, 0.717) is 18.4 Å². The van der Waals surface area contributed by atoms with Crippen molar-refractivity contribution in [2.24, 2.45) is 0 Å². The number of carbonyl (C=O) groups excluding carboxylic acids is 1. The number of carbonyl (C=O) groups is 1. The molecule has 0 aliphatic rings. The van der Waals surface area contributed by atoms with E-state index in [2.05, 4.69) is 26.0 Å². The van der Waals surface area contributed by atoms with Crippen molar-refractivity contribution in [1.82, 2.24) is 19.9 Å². The van der Waals surface area contributed by atoms with Gasteiger partial charge in [0, 0.05) is 45.4 Å². The summed E-state index contributed by atoms with van der Waals surface area (Å²) in [6.07, 6.45) is 6.04. The monoisotopic (exact) mass is 420 g/mol. The molecule has 6 rings (SSSR count). The van der Waals surface area contributed by atoms with E-state index >= 15 is 0 Å². The molecule has 6 aromatic rings. The number of aryl methyl sites for hydroxylation is 1. The van der Waals surface area contributed by atoms with Gasteiger partial charge in [0.25, 0.3) is 0 Å². The van der Waals surface area contributed by atoms with E-state index in [-0.39, 0.29) is 5.78 Å². The number of aromatic nitrogens is 4. The molecule has 156 valence electrons. The lowest BCUT2D eigenvalue weighted by atomic mass is 10.0. The zero-order chi connectivity index (χ0) is 21.7. The zero-order valence-electron chi connectivity index (χ0n) is 17.5. The van der Waals surface area contributed by atoms with Gasteiger partial charge in [-0.15, -0.1) is 0 Å². The molecule has 0 atom stereocenters. The van der Waals surface area contributed by atoms with E-state index in [1.54, 1.807) is 25.7 Å². The van der Waals surface area contributed by atoms with Crippen LogP contribution in [-0.2, 0) is 6.42 Å². The third kappa shape index (κ3) is 2.76. The van der Waals surface area contributed by atoms with Crippen LogP contribution in [0.2, 0.25) is 0 Å². The van der Waals surface area contributed by atoms with Gasteiger partial charge >= 0.3 is 0 Å². The molecule has 2 N–H and O–H groups in total. The summed E-state index contributed by atoms with van der Waals surface area (Å²) >= 11 is 0. The number of pyridine rings is 2. The number of hydrogen-bond acceptors (Lipinski definition) is 4. The number of fused-ring (bicyclic) bond motifs is 6. The van der Waals surface area contributed by atoms with E-state index in [4.69, 9.17) is 4.74 Å². The topological polar surface area (TPSA) is 83.7 Å². The average Bonchev–Trinajstić information content (AvgIpc) is 3.41. The van der Waals surface area contributed by atoms with Crippen molar-refractivity contribution in [2.45, 2.75) is 12.8 Å². The van der Waals surface area contributed by atoms with Gasteiger partial charge in [0.05, 0.1) is 41.6 Å². The van der Waals surface area contributed by atoms with E-state index in [1.807, 2.05) is 42.5 Å². The van der Waals surface area contributed by atoms with Crippen molar-refractivity contribution in [3.05, 3.63) is 78.4 Å². The number of nitrogens with zero attached hydrogens (tertiary/aromatic N) is 2. The molecule has 0 spiro atoms. The van der Waals surface area contributed by atoms with Crippen LogP contribution in [0.25, 0.3) is 43.6 Å². The van der Waals surface area contributed by atoms with Crippen molar-refractivity contribution < 1.29 is 9.53 Å². The van der Waals surface area contributed by atoms with Crippen LogP contribution in [0, 0.1) is 0 Å². The molecular weight excluding hydrogens is 400 g/mol. The SMILES string of the molecule is COc1cnc(CCC(=O)c2cncc3[nH]c4ccccc4c23)c2[nH]c3ccccc3c12. The first-order valence-electron chi connectivity index (χ1n) is 10.5. The molecule has 6 heteroatoms. The first-order chi connectivity index (χ1) is 15.7. The lowest BCUT2D eigenvalue weighted by molar-refractivity contribution is 0.0984. The summed E-state index contributed by atoms with van der Waals surface area (Å²) < 4.78 is 5.56. The maximum Gasteiger partial charge on any atom is 0.165 e. The number of rotatable bonds is 5. The fourth-order valence-corrected chi connectivity index (χ4v) is 4.60. The van der Waals surface area contributed by atoms with Crippen LogP contribution in [0.3, 0.4) is 0 Å². The zero-order valence-corrected chi connectivity index (χ0v) is 17.5. The van der Waals surface area contributed by atoms with Gasteiger partial charge in [0.1, 0.15) is 5.75 Å². The van der Waals surface area contributed by atoms with E-state index in [1.165, 1.54) is 0 Å². The molecule has 0 aliphatic heterocycles. The van der Waals surface area contributed by atoms with Crippen molar-refractivity contribution in [2.75, 3.05) is 7.11 Å². The summed E-state index contributed by atoms with van der Waals surface area (Å²) in [5.41, 5.74) is 5.31. The first kappa shape index (κ1) is 18.6. The maximum atomic E-state index is 13.3. The van der Waals surface area contributed by atoms with E-state index in [9.17, 15) is 4.79 Å². The number of H-pyrrole nitrogens is 2. The maximum absolute atomic E-state index is 13.3. The Labute approximate surface area is 183 Å². The normalized spacial score (nSPS) is 11.7. The highest BCUT2D eigenvalue weighted by Crippen LogP contribution is 2.34. The number of benzene rings is 2. The van der Waals surface area contributed by atoms with Crippen molar-refractivity contribution in [1.29, 1.82) is 0 Å². The summed E-state index contributed by atoms with van der Waals surface area (Å²) in [5.74, 6) is 0.773. The van der Waals surface area contributed by atoms with Crippen LogP contribution in [-0.4, -0.2) is 32.8 Å². The Morgan fingerprint density at radius 2 is 1.59 bits per heavy atom. The molecule has 4 heterocycles. The number of Topliss-reactive ketones (excluding diaryl/α,β-unsaturated/α-hetero) is 1. The van der Waals surface area contributed by atoms with E-state index in [0.717, 1.165) is 55.1 Å². The fourth-order valence-electron chi connectivity index (χ4n) is 4.60. The summed E-state index contributed by atoms with van der Waals surface area (Å²) in [5, 5.41) is 4.05. The highest BCUT2D eigenvalue weighted by molar-refractivity contribution is 6.18. The van der Waals surface area contributed by atoms with Gasteiger partial charge in [-0.1, -0.05) is 36.4 Å². The molecular formula is C26H20N4O2. The minimum Gasteiger partial charge on any atom is -0.494 e. The summed E-state index contributed by atoms with van der Waals surface area (Å²) in [7, 11) is 1.65. The number of methoxy groups -OCH3 is 1. The third-order valence-electron chi connectivity index (χ3n) is 6.10. The Balaban J connectivity index is 1.39. The Kier molecular flexibility index (Phi) is 4.18. The molecule has 2 aromatic carbocycles. The fraction of sp³-hybridized carbons (Fsp3) is 0.115. The van der Waals surface area contributed by atoms with Crippen LogP contribution >= 0.6 is 0 Å². The summed E-state index contributed by atoms with van der Waals surface area (Å²) in [6.45, 7) is 0. The van der Waals surface area contributed by atoms with Gasteiger partial charge in [0.2, 0.25) is 0 Å². The van der Waals surface area contributed by atoms with Crippen LogP contribution in [0.15, 0.2) is 67.1 Å². The Hall–Kier alpha value is -4.19. The third-order valence-corrected chi connectivity index (χ3v) is 6.10. The predicted molar refractivity (Wildman–Crippen MR) is 126 cm³/mol. The second-order valence-electron chi connectivity index (χ2n) is 7.90. The second kappa shape index (κ2) is 7.20. The number of para-hydroxylation sites is 2. The Morgan fingerprint density at radius 3 is 2.38 bits per heavy atom. The number of nitrogens with one attached hydrogen (secondary N) is 2. The molecule has 6 nitrogen and oxygen atoms in total. The van der Waals surface area contributed by atoms with Gasteiger partial charge in [-0.2, -0.15) is 0 Å². The molecule has 0 radical (unpaired) electrons. The molecule has 4 aromatic heterocycles. The smallest absolute Gasteiger partial charge is 0.165 e. The summed E-state index contributed by atoms with van der Waals surface area (Å²) in [4.78, 5) is 29.0. The lowest BCUT2D eigenvalue weighted by Gasteiger charge is -2.07. The van der Waals surface area contributed by atoms with Crippen LogP contribution in [0.5, 0.6) is 5.75 Å². The molecule has 0 amide bonds. The van der Waals surface area contributed by atoms with Crippen molar-refractivity contribution in [3.63, 3.8) is 0 Å². The second-order valence-corrected chi connectivity index (χ2v) is 7.90. The highest BCUT2D eigenvalue weighted by Gasteiger charge is 2.18. The largest absolute Gasteiger partial charge is 0.494 e. The molecule has 32 heavy (non-hydrogen) atoms. The highest BCUT2D eigenvalue weighted by atomic mass is 16.5. The van der Waals surface area contributed by atoms with Crippen molar-refractivity contribution in [3.8, 4) is 5.75 Å². The summed E-state index contributed by atoms with van der Waals surface area (Å²) in [6, 6.07) is 16.1. The molecule has 0 unspecified atom stereocenters. The van der Waals surface area contributed by atoms with Gasteiger partial charge in [0.15, 0.2) is 5.78 Å². The molecule has 0 aliphatic carbocycles.